The number of carboxylic acids is 1. The lowest BCUT2D eigenvalue weighted by atomic mass is 10.1. The number of carbonyl (C=O) groups excluding carboxylic acids is 1. The maximum absolute atomic E-state index is 12.4. The van der Waals surface area contributed by atoms with Crippen LogP contribution in [-0.4, -0.2) is 52.8 Å². The van der Waals surface area contributed by atoms with E-state index in [1.165, 1.54) is 12.0 Å². The van der Waals surface area contributed by atoms with Gasteiger partial charge in [-0.15, -0.1) is 0 Å². The Balaban J connectivity index is 2.30. The number of carbonyl (C=O) groups is 2. The van der Waals surface area contributed by atoms with Crippen molar-refractivity contribution in [1.29, 1.82) is 0 Å². The normalized spacial score (nSPS) is 22.3. The first-order chi connectivity index (χ1) is 9.04. The Morgan fingerprint density at radius 3 is 2.68 bits per heavy atom. The Kier molecular flexibility index (Phi) is 3.71. The van der Waals surface area contributed by atoms with Crippen LogP contribution >= 0.6 is 0 Å². The number of aliphatic carboxylic acids is 1. The molecule has 1 heterocycles. The van der Waals surface area contributed by atoms with Crippen molar-refractivity contribution in [1.82, 2.24) is 4.90 Å². The first-order valence-electron chi connectivity index (χ1n) is 5.89. The fraction of sp³-hybridized carbons (Fsp3) is 0.385. The van der Waals surface area contributed by atoms with E-state index in [1.807, 2.05) is 0 Å². The minimum absolute atomic E-state index is 0.0217. The summed E-state index contributed by atoms with van der Waals surface area (Å²) in [7, 11) is 1.44. The molecule has 6 heteroatoms. The van der Waals surface area contributed by atoms with Crippen LogP contribution in [-0.2, 0) is 4.79 Å². The highest BCUT2D eigenvalue weighted by Gasteiger charge is 2.39. The number of β-amino-alcohol motifs (C(OH)–C–C–N with tert-alkyl or cyclic N) is 1. The number of amides is 1. The molecule has 0 bridgehead atoms. The van der Waals surface area contributed by atoms with Crippen LogP contribution in [0.3, 0.4) is 0 Å². The van der Waals surface area contributed by atoms with Crippen molar-refractivity contribution in [3.05, 3.63) is 29.8 Å². The van der Waals surface area contributed by atoms with Gasteiger partial charge in [0, 0.05) is 13.0 Å². The number of hydrogen-bond donors (Lipinski definition) is 2. The summed E-state index contributed by atoms with van der Waals surface area (Å²) in [6.45, 7) is 0.0217. The molecule has 2 atom stereocenters. The minimum Gasteiger partial charge on any atom is -0.496 e. The molecular formula is C13H15NO5. The topological polar surface area (TPSA) is 87.1 Å². The smallest absolute Gasteiger partial charge is 0.326 e. The molecule has 2 unspecified atom stereocenters. The molecule has 1 aliphatic heterocycles. The summed E-state index contributed by atoms with van der Waals surface area (Å²) in [5.74, 6) is -1.17. The molecule has 1 aromatic carbocycles. The van der Waals surface area contributed by atoms with Crippen molar-refractivity contribution < 1.29 is 24.5 Å². The minimum atomic E-state index is -1.11. The van der Waals surface area contributed by atoms with E-state index in [9.17, 15) is 14.7 Å². The lowest BCUT2D eigenvalue weighted by molar-refractivity contribution is -0.141. The summed E-state index contributed by atoms with van der Waals surface area (Å²) in [4.78, 5) is 24.6. The lowest BCUT2D eigenvalue weighted by Crippen LogP contribution is -2.40. The highest BCUT2D eigenvalue weighted by molar-refractivity contribution is 5.99. The van der Waals surface area contributed by atoms with Crippen LogP contribution in [0.4, 0.5) is 0 Å². The van der Waals surface area contributed by atoms with E-state index in [0.717, 1.165) is 0 Å². The van der Waals surface area contributed by atoms with Gasteiger partial charge in [-0.1, -0.05) is 12.1 Å². The van der Waals surface area contributed by atoms with Crippen LogP contribution in [0.2, 0.25) is 0 Å². The largest absolute Gasteiger partial charge is 0.496 e. The van der Waals surface area contributed by atoms with Gasteiger partial charge in [0.1, 0.15) is 11.8 Å². The van der Waals surface area contributed by atoms with Crippen molar-refractivity contribution in [2.45, 2.75) is 18.6 Å². The summed E-state index contributed by atoms with van der Waals surface area (Å²) < 4.78 is 5.09. The number of carboxylic acid groups (broad SMARTS) is 1. The fourth-order valence-electron chi connectivity index (χ4n) is 2.25. The van der Waals surface area contributed by atoms with Gasteiger partial charge in [-0.3, -0.25) is 4.79 Å². The van der Waals surface area contributed by atoms with Crippen LogP contribution in [0.1, 0.15) is 16.8 Å². The van der Waals surface area contributed by atoms with Crippen LogP contribution < -0.4 is 4.74 Å². The van der Waals surface area contributed by atoms with Crippen molar-refractivity contribution in [2.75, 3.05) is 13.7 Å². The zero-order chi connectivity index (χ0) is 14.0. The number of ether oxygens (including phenoxy) is 1. The van der Waals surface area contributed by atoms with Gasteiger partial charge in [0.05, 0.1) is 18.8 Å². The maximum Gasteiger partial charge on any atom is 0.326 e. The molecule has 2 N–H and O–H groups in total. The molecule has 19 heavy (non-hydrogen) atoms. The average molecular weight is 265 g/mol. The Bertz CT molecular complexity index is 502. The average Bonchev–Trinajstić information content (AvgIpc) is 2.80. The molecule has 0 saturated carbocycles. The SMILES string of the molecule is COc1ccccc1C(=O)N1CC(O)CC1C(=O)O. The monoisotopic (exact) mass is 265 g/mol. The Labute approximate surface area is 110 Å². The van der Waals surface area contributed by atoms with Crippen LogP contribution in [0.25, 0.3) is 0 Å². The maximum atomic E-state index is 12.4. The molecule has 1 amide bonds. The summed E-state index contributed by atoms with van der Waals surface area (Å²) in [5, 5.41) is 18.6. The number of hydrogen-bond acceptors (Lipinski definition) is 4. The summed E-state index contributed by atoms with van der Waals surface area (Å²) >= 11 is 0. The molecule has 102 valence electrons. The third-order valence-electron chi connectivity index (χ3n) is 3.16. The summed E-state index contributed by atoms with van der Waals surface area (Å²) in [6, 6.07) is 5.62. The van der Waals surface area contributed by atoms with E-state index < -0.39 is 24.0 Å². The number of aliphatic hydroxyl groups excluding tert-OH is 1. The first kappa shape index (κ1) is 13.4. The number of methoxy groups -OCH3 is 1. The van der Waals surface area contributed by atoms with E-state index in [-0.39, 0.29) is 13.0 Å². The standard InChI is InChI=1S/C13H15NO5/c1-19-11-5-3-2-4-9(11)12(16)14-7-8(15)6-10(14)13(17)18/h2-5,8,10,15H,6-7H2,1H3,(H,17,18). The third kappa shape index (κ3) is 2.53. The Morgan fingerprint density at radius 2 is 2.05 bits per heavy atom. The summed E-state index contributed by atoms with van der Waals surface area (Å²) in [5.41, 5.74) is 0.297. The van der Waals surface area contributed by atoms with Gasteiger partial charge in [0.15, 0.2) is 0 Å². The van der Waals surface area contributed by atoms with Gasteiger partial charge >= 0.3 is 5.97 Å². The van der Waals surface area contributed by atoms with Crippen molar-refractivity contribution in [3.8, 4) is 5.75 Å². The Hall–Kier alpha value is -2.08. The molecule has 1 fully saturated rings. The molecule has 1 aromatic rings. The molecule has 6 nitrogen and oxygen atoms in total. The van der Waals surface area contributed by atoms with Gasteiger partial charge in [-0.05, 0) is 12.1 Å². The number of benzene rings is 1. The van der Waals surface area contributed by atoms with E-state index in [2.05, 4.69) is 0 Å². The van der Waals surface area contributed by atoms with E-state index in [4.69, 9.17) is 9.84 Å². The zero-order valence-electron chi connectivity index (χ0n) is 10.4. The van der Waals surface area contributed by atoms with Crippen molar-refractivity contribution >= 4 is 11.9 Å². The molecule has 0 spiro atoms. The predicted octanol–water partition coefficient (Wildman–Crippen LogP) is 0.355. The van der Waals surface area contributed by atoms with Crippen LogP contribution in [0.15, 0.2) is 24.3 Å². The van der Waals surface area contributed by atoms with Gasteiger partial charge in [0.2, 0.25) is 0 Å². The third-order valence-corrected chi connectivity index (χ3v) is 3.16. The van der Waals surface area contributed by atoms with Gasteiger partial charge in [-0.2, -0.15) is 0 Å². The second-order valence-electron chi connectivity index (χ2n) is 4.40. The lowest BCUT2D eigenvalue weighted by Gasteiger charge is -2.22. The van der Waals surface area contributed by atoms with Gasteiger partial charge < -0.3 is 19.8 Å². The van der Waals surface area contributed by atoms with Gasteiger partial charge in [-0.25, -0.2) is 4.79 Å². The van der Waals surface area contributed by atoms with Crippen LogP contribution in [0.5, 0.6) is 5.75 Å². The number of aliphatic hydroxyl groups is 1. The molecule has 0 radical (unpaired) electrons. The Morgan fingerprint density at radius 1 is 1.37 bits per heavy atom. The van der Waals surface area contributed by atoms with E-state index in [1.54, 1.807) is 24.3 Å². The predicted molar refractivity (Wildman–Crippen MR) is 66.1 cm³/mol. The highest BCUT2D eigenvalue weighted by Crippen LogP contribution is 2.25. The molecule has 2 rings (SSSR count). The van der Waals surface area contributed by atoms with Gasteiger partial charge in [0.25, 0.3) is 5.91 Å². The number of likely N-dealkylation sites (tertiary alicyclic amines) is 1. The second kappa shape index (κ2) is 5.27. The van der Waals surface area contributed by atoms with Crippen molar-refractivity contribution in [3.63, 3.8) is 0 Å². The molecule has 0 aliphatic carbocycles. The number of para-hydroxylation sites is 1. The second-order valence-corrected chi connectivity index (χ2v) is 4.40. The molecule has 1 saturated heterocycles. The van der Waals surface area contributed by atoms with Crippen molar-refractivity contribution in [2.24, 2.45) is 0 Å². The first-order valence-corrected chi connectivity index (χ1v) is 5.89. The van der Waals surface area contributed by atoms with Crippen LogP contribution in [0, 0.1) is 0 Å². The summed E-state index contributed by atoms with van der Waals surface area (Å²) in [6.07, 6.45) is -0.754. The molecular weight excluding hydrogens is 250 g/mol. The molecule has 0 aromatic heterocycles. The molecule has 1 aliphatic rings. The van der Waals surface area contributed by atoms with E-state index in [0.29, 0.717) is 11.3 Å². The quantitative estimate of drug-likeness (QED) is 0.823. The number of nitrogens with zero attached hydrogens (tertiary/aromatic N) is 1. The van der Waals surface area contributed by atoms with E-state index >= 15 is 0 Å². The number of rotatable bonds is 3. The fourth-order valence-corrected chi connectivity index (χ4v) is 2.25. The highest BCUT2D eigenvalue weighted by atomic mass is 16.5. The zero-order valence-corrected chi connectivity index (χ0v) is 10.4.